The second kappa shape index (κ2) is 9.47. The maximum atomic E-state index is 13.3. The summed E-state index contributed by atoms with van der Waals surface area (Å²) in [5.41, 5.74) is 1.94. The van der Waals surface area contributed by atoms with Crippen LogP contribution in [0, 0.1) is 5.92 Å². The molecule has 1 aromatic rings. The van der Waals surface area contributed by atoms with Crippen LogP contribution in [0.4, 0.5) is 0 Å². The molecule has 0 aromatic heterocycles. The summed E-state index contributed by atoms with van der Waals surface area (Å²) in [6, 6.07) is 7.58. The van der Waals surface area contributed by atoms with Gasteiger partial charge >= 0.3 is 0 Å². The minimum Gasteiger partial charge on any atom is -0.491 e. The lowest BCUT2D eigenvalue weighted by molar-refractivity contribution is -0.137. The Morgan fingerprint density at radius 3 is 2.28 bits per heavy atom. The van der Waals surface area contributed by atoms with Crippen LogP contribution >= 0.6 is 0 Å². The first kappa shape index (κ1) is 21.4. The number of rotatable bonds is 8. The molecule has 1 fully saturated rings. The Bertz CT molecular complexity index is 759. The number of benzene rings is 1. The summed E-state index contributed by atoms with van der Waals surface area (Å²) in [6.07, 6.45) is 5.13. The van der Waals surface area contributed by atoms with Gasteiger partial charge in [0.1, 0.15) is 11.4 Å². The lowest BCUT2D eigenvalue weighted by Gasteiger charge is -2.32. The Kier molecular flexibility index (Phi) is 6.99. The molecule has 0 spiro atoms. The maximum Gasteiger partial charge on any atom is 0.277 e. The first-order valence-corrected chi connectivity index (χ1v) is 11.0. The highest BCUT2D eigenvalue weighted by Crippen LogP contribution is 2.34. The van der Waals surface area contributed by atoms with Gasteiger partial charge in [0, 0.05) is 19.6 Å². The average molecular weight is 399 g/mol. The number of carbonyl (C=O) groups is 2. The number of piperidine rings is 1. The van der Waals surface area contributed by atoms with Gasteiger partial charge in [0.25, 0.3) is 11.8 Å². The fourth-order valence-electron chi connectivity index (χ4n) is 4.04. The maximum absolute atomic E-state index is 13.3. The Morgan fingerprint density at radius 1 is 1.03 bits per heavy atom. The highest BCUT2D eigenvalue weighted by molar-refractivity contribution is 6.35. The molecule has 2 heterocycles. The van der Waals surface area contributed by atoms with E-state index in [1.165, 1.54) is 4.90 Å². The van der Waals surface area contributed by atoms with Crippen LogP contribution in [0.2, 0.25) is 0 Å². The second-order valence-electron chi connectivity index (χ2n) is 8.55. The molecular formula is C24H34N2O3. The molecule has 5 heteroatoms. The van der Waals surface area contributed by atoms with E-state index in [9.17, 15) is 9.59 Å². The number of unbranched alkanes of at least 4 members (excludes halogenated alkanes) is 2. The highest BCUT2D eigenvalue weighted by Gasteiger charge is 2.41. The van der Waals surface area contributed by atoms with Gasteiger partial charge in [-0.3, -0.25) is 14.5 Å². The zero-order valence-electron chi connectivity index (χ0n) is 18.2. The minimum atomic E-state index is -0.155. The first-order valence-electron chi connectivity index (χ1n) is 11.0. The molecule has 0 atom stereocenters. The molecule has 5 nitrogen and oxygen atoms in total. The molecular weight excluding hydrogens is 364 g/mol. The lowest BCUT2D eigenvalue weighted by atomic mass is 9.97. The van der Waals surface area contributed by atoms with Gasteiger partial charge in [-0.25, -0.2) is 0 Å². The molecule has 0 bridgehead atoms. The van der Waals surface area contributed by atoms with Crippen molar-refractivity contribution in [1.82, 2.24) is 9.80 Å². The largest absolute Gasteiger partial charge is 0.491 e. The van der Waals surface area contributed by atoms with Crippen molar-refractivity contribution in [2.24, 2.45) is 5.92 Å². The van der Waals surface area contributed by atoms with E-state index in [1.807, 2.05) is 38.1 Å². The van der Waals surface area contributed by atoms with Crippen LogP contribution in [0.1, 0.15) is 65.4 Å². The third-order valence-electron chi connectivity index (χ3n) is 5.74. The van der Waals surface area contributed by atoms with E-state index in [0.717, 1.165) is 56.5 Å². The molecule has 0 aliphatic carbocycles. The Labute approximate surface area is 174 Å². The zero-order valence-corrected chi connectivity index (χ0v) is 18.2. The number of carbonyl (C=O) groups excluding carboxylic acids is 2. The SMILES string of the molecule is CCCCCN1C(=O)C(c2ccc(OC(C)C)cc2)=C(N2CCC(C)CC2)C1=O. The monoisotopic (exact) mass is 398 g/mol. The van der Waals surface area contributed by atoms with Gasteiger partial charge in [-0.05, 0) is 56.7 Å². The number of hydrogen-bond donors (Lipinski definition) is 0. The highest BCUT2D eigenvalue weighted by atomic mass is 16.5. The normalized spacial score (nSPS) is 18.4. The van der Waals surface area contributed by atoms with Crippen LogP contribution in [-0.2, 0) is 9.59 Å². The van der Waals surface area contributed by atoms with Gasteiger partial charge in [0.05, 0.1) is 11.7 Å². The van der Waals surface area contributed by atoms with E-state index in [-0.39, 0.29) is 17.9 Å². The summed E-state index contributed by atoms with van der Waals surface area (Å²) in [4.78, 5) is 30.1. The molecule has 3 rings (SSSR count). The topological polar surface area (TPSA) is 49.9 Å². The number of hydrogen-bond acceptors (Lipinski definition) is 4. The average Bonchev–Trinajstić information content (AvgIpc) is 2.94. The van der Waals surface area contributed by atoms with Crippen molar-refractivity contribution < 1.29 is 14.3 Å². The number of amides is 2. The van der Waals surface area contributed by atoms with Crippen LogP contribution in [0.15, 0.2) is 30.0 Å². The number of likely N-dealkylation sites (tertiary alicyclic amines) is 1. The van der Waals surface area contributed by atoms with Gasteiger partial charge in [0.15, 0.2) is 0 Å². The third-order valence-corrected chi connectivity index (χ3v) is 5.74. The van der Waals surface area contributed by atoms with Crippen molar-refractivity contribution in [1.29, 1.82) is 0 Å². The quantitative estimate of drug-likeness (QED) is 0.479. The zero-order chi connectivity index (χ0) is 21.0. The first-order chi connectivity index (χ1) is 13.9. The smallest absolute Gasteiger partial charge is 0.277 e. The Balaban J connectivity index is 1.92. The molecule has 0 N–H and O–H groups in total. The van der Waals surface area contributed by atoms with E-state index >= 15 is 0 Å². The van der Waals surface area contributed by atoms with Gasteiger partial charge in [-0.15, -0.1) is 0 Å². The van der Waals surface area contributed by atoms with Crippen LogP contribution in [0.5, 0.6) is 5.75 Å². The second-order valence-corrected chi connectivity index (χ2v) is 8.55. The third kappa shape index (κ3) is 4.82. The van der Waals surface area contributed by atoms with Gasteiger partial charge < -0.3 is 9.64 Å². The van der Waals surface area contributed by atoms with Crippen LogP contribution in [0.25, 0.3) is 5.57 Å². The summed E-state index contributed by atoms with van der Waals surface area (Å²) in [5, 5.41) is 0. The predicted molar refractivity (Wildman–Crippen MR) is 115 cm³/mol. The fraction of sp³-hybridized carbons (Fsp3) is 0.583. The molecule has 1 saturated heterocycles. The summed E-state index contributed by atoms with van der Waals surface area (Å²) >= 11 is 0. The Hall–Kier alpha value is -2.30. The van der Waals surface area contributed by atoms with Crippen molar-refractivity contribution in [3.05, 3.63) is 35.5 Å². The molecule has 2 aliphatic rings. The molecule has 29 heavy (non-hydrogen) atoms. The van der Waals surface area contributed by atoms with Crippen LogP contribution in [0.3, 0.4) is 0 Å². The van der Waals surface area contributed by atoms with E-state index in [1.54, 1.807) is 0 Å². The lowest BCUT2D eigenvalue weighted by Crippen LogP contribution is -2.38. The fourth-order valence-corrected chi connectivity index (χ4v) is 4.04. The van der Waals surface area contributed by atoms with E-state index in [4.69, 9.17) is 4.74 Å². The standard InChI is InChI=1S/C24H34N2O3/c1-5-6-7-14-26-23(27)21(19-8-10-20(11-9-19)29-17(2)3)22(24(26)28)25-15-12-18(4)13-16-25/h8-11,17-18H,5-7,12-16H2,1-4H3. The summed E-state index contributed by atoms with van der Waals surface area (Å²) < 4.78 is 5.73. The van der Waals surface area contributed by atoms with Gasteiger partial charge in [0.2, 0.25) is 0 Å². The minimum absolute atomic E-state index is 0.0923. The van der Waals surface area contributed by atoms with Crippen molar-refractivity contribution in [2.45, 2.75) is 65.9 Å². The van der Waals surface area contributed by atoms with Crippen LogP contribution < -0.4 is 4.74 Å². The summed E-state index contributed by atoms with van der Waals surface area (Å²) in [7, 11) is 0. The molecule has 0 radical (unpaired) electrons. The molecule has 158 valence electrons. The Morgan fingerprint density at radius 2 is 1.69 bits per heavy atom. The summed E-state index contributed by atoms with van der Waals surface area (Å²) in [5.74, 6) is 1.15. The van der Waals surface area contributed by atoms with Crippen molar-refractivity contribution in [2.75, 3.05) is 19.6 Å². The molecule has 0 saturated carbocycles. The number of ether oxygens (including phenoxy) is 1. The number of nitrogens with zero attached hydrogens (tertiary/aromatic N) is 2. The molecule has 2 aliphatic heterocycles. The molecule has 1 aromatic carbocycles. The van der Waals surface area contributed by atoms with Gasteiger partial charge in [-0.1, -0.05) is 38.8 Å². The van der Waals surface area contributed by atoms with Crippen molar-refractivity contribution >= 4 is 17.4 Å². The van der Waals surface area contributed by atoms with E-state index < -0.39 is 0 Å². The molecule has 0 unspecified atom stereocenters. The van der Waals surface area contributed by atoms with Gasteiger partial charge in [-0.2, -0.15) is 0 Å². The number of imide groups is 1. The predicted octanol–water partition coefficient (Wildman–Crippen LogP) is 4.48. The molecule has 2 amide bonds. The van der Waals surface area contributed by atoms with E-state index in [2.05, 4.69) is 18.7 Å². The van der Waals surface area contributed by atoms with Crippen molar-refractivity contribution in [3.8, 4) is 5.75 Å². The van der Waals surface area contributed by atoms with Crippen LogP contribution in [-0.4, -0.2) is 47.4 Å². The van der Waals surface area contributed by atoms with Crippen molar-refractivity contribution in [3.63, 3.8) is 0 Å². The summed E-state index contributed by atoms with van der Waals surface area (Å²) in [6.45, 7) is 10.5. The van der Waals surface area contributed by atoms with E-state index in [0.29, 0.717) is 23.7 Å².